The summed E-state index contributed by atoms with van der Waals surface area (Å²) in [5.74, 6) is 0.745. The number of aromatic nitrogens is 2. The molecule has 3 aromatic rings. The van der Waals surface area contributed by atoms with Crippen molar-refractivity contribution in [3.63, 3.8) is 0 Å². The van der Waals surface area contributed by atoms with Crippen molar-refractivity contribution in [2.45, 2.75) is 25.7 Å². The summed E-state index contributed by atoms with van der Waals surface area (Å²) in [6.45, 7) is 5.48. The van der Waals surface area contributed by atoms with Crippen LogP contribution in [0.3, 0.4) is 0 Å². The Hall–Kier alpha value is -3.13. The van der Waals surface area contributed by atoms with Gasteiger partial charge in [0.2, 0.25) is 0 Å². The van der Waals surface area contributed by atoms with E-state index < -0.39 is 10.0 Å². The molecule has 0 saturated carbocycles. The molecule has 0 atom stereocenters. The van der Waals surface area contributed by atoms with Gasteiger partial charge in [-0.25, -0.2) is 4.83 Å². The summed E-state index contributed by atoms with van der Waals surface area (Å²) < 4.78 is 30.5. The molecule has 0 bridgehead atoms. The molecule has 1 aromatic heterocycles. The van der Waals surface area contributed by atoms with E-state index in [1.165, 1.54) is 6.21 Å². The van der Waals surface area contributed by atoms with Gasteiger partial charge in [0.25, 0.3) is 10.0 Å². The molecule has 0 unspecified atom stereocenters. The monoisotopic (exact) mass is 398 g/mol. The van der Waals surface area contributed by atoms with Gasteiger partial charge < -0.3 is 4.74 Å². The maximum absolute atomic E-state index is 12.7. The highest BCUT2D eigenvalue weighted by molar-refractivity contribution is 7.89. The zero-order chi connectivity index (χ0) is 20.3. The van der Waals surface area contributed by atoms with Gasteiger partial charge in [0.15, 0.2) is 0 Å². The largest absolute Gasteiger partial charge is 0.497 e. The third-order valence-corrected chi connectivity index (χ3v) is 5.82. The topological polar surface area (TPSA) is 96.4 Å². The molecule has 0 spiro atoms. The van der Waals surface area contributed by atoms with Crippen LogP contribution in [0, 0.1) is 20.8 Å². The Morgan fingerprint density at radius 1 is 1.11 bits per heavy atom. The summed E-state index contributed by atoms with van der Waals surface area (Å²) in [4.78, 5) is 2.54. The van der Waals surface area contributed by atoms with Crippen molar-refractivity contribution < 1.29 is 13.2 Å². The highest BCUT2D eigenvalue weighted by atomic mass is 32.2. The van der Waals surface area contributed by atoms with E-state index in [0.29, 0.717) is 16.7 Å². The van der Waals surface area contributed by atoms with Crippen molar-refractivity contribution in [3.8, 4) is 17.0 Å². The normalized spacial score (nSPS) is 11.7. The highest BCUT2D eigenvalue weighted by Gasteiger charge is 2.19. The summed E-state index contributed by atoms with van der Waals surface area (Å²) in [7, 11) is -2.17. The maximum atomic E-state index is 12.7. The minimum atomic E-state index is -3.77. The van der Waals surface area contributed by atoms with Crippen molar-refractivity contribution in [2.75, 3.05) is 7.11 Å². The molecule has 0 amide bonds. The first kappa shape index (κ1) is 19.6. The minimum absolute atomic E-state index is 0.248. The van der Waals surface area contributed by atoms with Gasteiger partial charge in [-0.2, -0.15) is 18.6 Å². The Labute approximate surface area is 164 Å². The molecule has 1 heterocycles. The Kier molecular flexibility index (Phi) is 5.51. The number of aromatic amines is 1. The molecule has 0 saturated heterocycles. The lowest BCUT2D eigenvalue weighted by molar-refractivity contribution is 0.415. The van der Waals surface area contributed by atoms with Gasteiger partial charge >= 0.3 is 0 Å². The Morgan fingerprint density at radius 2 is 1.75 bits per heavy atom. The smallest absolute Gasteiger partial charge is 0.277 e. The number of ether oxygens (including phenoxy) is 1. The number of benzene rings is 2. The van der Waals surface area contributed by atoms with E-state index in [9.17, 15) is 8.42 Å². The number of hydrazone groups is 1. The number of methoxy groups -OCH3 is 1. The number of nitrogens with one attached hydrogen (secondary N) is 2. The number of nitrogens with zero attached hydrogens (tertiary/aromatic N) is 2. The molecule has 3 rings (SSSR count). The molecule has 146 valence electrons. The molecular weight excluding hydrogens is 376 g/mol. The van der Waals surface area contributed by atoms with Crippen LogP contribution < -0.4 is 9.57 Å². The van der Waals surface area contributed by atoms with Crippen molar-refractivity contribution in [1.29, 1.82) is 0 Å². The van der Waals surface area contributed by atoms with Crippen LogP contribution in [0.1, 0.15) is 22.3 Å². The first-order valence-corrected chi connectivity index (χ1v) is 10.1. The van der Waals surface area contributed by atoms with Gasteiger partial charge in [-0.05, 0) is 56.2 Å². The minimum Gasteiger partial charge on any atom is -0.497 e. The second-order valence-electron chi connectivity index (χ2n) is 6.51. The van der Waals surface area contributed by atoms with Crippen molar-refractivity contribution in [1.82, 2.24) is 15.0 Å². The molecule has 28 heavy (non-hydrogen) atoms. The predicted molar refractivity (Wildman–Crippen MR) is 109 cm³/mol. The van der Waals surface area contributed by atoms with E-state index in [1.807, 2.05) is 43.3 Å². The summed E-state index contributed by atoms with van der Waals surface area (Å²) >= 11 is 0. The fourth-order valence-corrected chi connectivity index (χ4v) is 4.43. The quantitative estimate of drug-likeness (QED) is 0.492. The molecule has 2 N–H and O–H groups in total. The van der Waals surface area contributed by atoms with Gasteiger partial charge in [0, 0.05) is 11.1 Å². The fourth-order valence-electron chi connectivity index (χ4n) is 3.18. The SMILES string of the molecule is COc1ccc(-c2[nH]ncc2/C=N\NS(=O)(=O)c2c(C)cc(C)cc2C)cc1. The molecule has 0 fully saturated rings. The molecule has 0 radical (unpaired) electrons. The number of hydrogen-bond donors (Lipinski definition) is 2. The first-order chi connectivity index (χ1) is 13.3. The molecule has 0 aliphatic heterocycles. The van der Waals surface area contributed by atoms with Crippen LogP contribution in [0.5, 0.6) is 5.75 Å². The molecular formula is C20H22N4O3S. The Morgan fingerprint density at radius 3 is 2.36 bits per heavy atom. The number of rotatable bonds is 6. The van der Waals surface area contributed by atoms with Crippen LogP contribution in [0.4, 0.5) is 0 Å². The molecule has 0 aliphatic carbocycles. The van der Waals surface area contributed by atoms with E-state index in [-0.39, 0.29) is 4.90 Å². The van der Waals surface area contributed by atoms with E-state index in [0.717, 1.165) is 22.6 Å². The summed E-state index contributed by atoms with van der Waals surface area (Å²) in [6, 6.07) is 11.1. The number of H-pyrrole nitrogens is 1. The van der Waals surface area contributed by atoms with E-state index in [2.05, 4.69) is 20.1 Å². The van der Waals surface area contributed by atoms with E-state index >= 15 is 0 Å². The fraction of sp³-hybridized carbons (Fsp3) is 0.200. The average Bonchev–Trinajstić information content (AvgIpc) is 3.09. The lowest BCUT2D eigenvalue weighted by Crippen LogP contribution is -2.20. The summed E-state index contributed by atoms with van der Waals surface area (Å²) in [5.41, 5.74) is 4.65. The van der Waals surface area contributed by atoms with Gasteiger partial charge in [0.05, 0.1) is 30.1 Å². The third-order valence-electron chi connectivity index (χ3n) is 4.30. The number of sulfonamides is 1. The number of hydrogen-bond acceptors (Lipinski definition) is 5. The zero-order valence-electron chi connectivity index (χ0n) is 16.1. The molecule has 2 aromatic carbocycles. The highest BCUT2D eigenvalue weighted by Crippen LogP contribution is 2.23. The maximum Gasteiger partial charge on any atom is 0.277 e. The van der Waals surface area contributed by atoms with Crippen molar-refractivity contribution >= 4 is 16.2 Å². The van der Waals surface area contributed by atoms with Gasteiger partial charge in [-0.15, -0.1) is 0 Å². The van der Waals surface area contributed by atoms with Crippen LogP contribution in [-0.4, -0.2) is 31.9 Å². The van der Waals surface area contributed by atoms with E-state index in [1.54, 1.807) is 27.2 Å². The van der Waals surface area contributed by atoms with Crippen LogP contribution in [-0.2, 0) is 10.0 Å². The standard InChI is InChI=1S/C20H22N4O3S/c1-13-9-14(2)20(15(3)10-13)28(25,26)24-22-12-17-11-21-23-19(17)16-5-7-18(27-4)8-6-16/h5-12,24H,1-4H3,(H,21,23)/b22-12-. The van der Waals surface area contributed by atoms with Crippen molar-refractivity contribution in [3.05, 3.63) is 64.8 Å². The molecule has 8 heteroatoms. The Bertz CT molecular complexity index is 1090. The molecule has 0 aliphatic rings. The van der Waals surface area contributed by atoms with E-state index in [4.69, 9.17) is 4.74 Å². The zero-order valence-corrected chi connectivity index (χ0v) is 17.0. The van der Waals surface area contributed by atoms with Gasteiger partial charge in [-0.3, -0.25) is 5.10 Å². The van der Waals surface area contributed by atoms with Gasteiger partial charge in [-0.1, -0.05) is 17.7 Å². The second kappa shape index (κ2) is 7.85. The lowest BCUT2D eigenvalue weighted by atomic mass is 10.1. The lowest BCUT2D eigenvalue weighted by Gasteiger charge is -2.11. The summed E-state index contributed by atoms with van der Waals surface area (Å²) in [6.07, 6.45) is 3.01. The first-order valence-electron chi connectivity index (χ1n) is 8.62. The predicted octanol–water partition coefficient (Wildman–Crippen LogP) is 3.32. The molecule has 7 nitrogen and oxygen atoms in total. The number of aryl methyl sites for hydroxylation is 3. The third kappa shape index (κ3) is 4.07. The summed E-state index contributed by atoms with van der Waals surface area (Å²) in [5, 5.41) is 10.9. The average molecular weight is 398 g/mol. The second-order valence-corrected chi connectivity index (χ2v) is 8.11. The van der Waals surface area contributed by atoms with Crippen LogP contribution in [0.2, 0.25) is 0 Å². The van der Waals surface area contributed by atoms with Crippen molar-refractivity contribution in [2.24, 2.45) is 5.10 Å². The van der Waals surface area contributed by atoms with Crippen LogP contribution in [0.25, 0.3) is 11.3 Å². The van der Waals surface area contributed by atoms with Crippen LogP contribution >= 0.6 is 0 Å². The van der Waals surface area contributed by atoms with Gasteiger partial charge in [0.1, 0.15) is 5.75 Å². The Balaban J connectivity index is 1.83. The van der Waals surface area contributed by atoms with Crippen LogP contribution in [0.15, 0.2) is 52.6 Å².